The normalized spacial score (nSPS) is 35.5. The Morgan fingerprint density at radius 2 is 1.55 bits per heavy atom. The molecule has 238 valence electrons. The lowest BCUT2D eigenvalue weighted by Crippen LogP contribution is -2.54. The minimum absolute atomic E-state index is 0.673. The van der Waals surface area contributed by atoms with Gasteiger partial charge in [0.1, 0.15) is 0 Å². The van der Waals surface area contributed by atoms with Crippen molar-refractivity contribution in [3.63, 3.8) is 0 Å². The Morgan fingerprint density at radius 1 is 0.857 bits per heavy atom. The van der Waals surface area contributed by atoms with Crippen LogP contribution in [-0.2, 0) is 0 Å². The van der Waals surface area contributed by atoms with Crippen LogP contribution in [0.4, 0.5) is 0 Å². The first-order valence-corrected chi connectivity index (χ1v) is 18.0. The fraction of sp³-hybridized carbons (Fsp3) is 0.756. The van der Waals surface area contributed by atoms with Crippen LogP contribution in [0.5, 0.6) is 0 Å². The molecular formula is C41H68O. The van der Waals surface area contributed by atoms with Crippen molar-refractivity contribution in [3.8, 4) is 0 Å². The molecule has 0 aliphatic heterocycles. The van der Waals surface area contributed by atoms with Gasteiger partial charge < -0.3 is 5.11 Å². The SMILES string of the molecule is C=CCCCC1CCC2C3CCC4CC5(CCCC5)CCC4(C)C3CCC12C.C=Cc1cccc(C)c1.CCC.CO. The number of hydrogen-bond donors (Lipinski definition) is 1. The molecule has 0 heterocycles. The zero-order chi connectivity index (χ0) is 30.8. The van der Waals surface area contributed by atoms with Gasteiger partial charge in [-0.05, 0) is 148 Å². The van der Waals surface area contributed by atoms with E-state index in [0.717, 1.165) is 42.1 Å². The van der Waals surface area contributed by atoms with Crippen molar-refractivity contribution in [3.05, 3.63) is 54.6 Å². The lowest BCUT2D eigenvalue weighted by atomic mass is 9.43. The molecule has 5 aliphatic carbocycles. The van der Waals surface area contributed by atoms with Crippen molar-refractivity contribution in [1.29, 1.82) is 0 Å². The van der Waals surface area contributed by atoms with Gasteiger partial charge in [0.15, 0.2) is 0 Å². The molecule has 0 radical (unpaired) electrons. The monoisotopic (exact) mass is 577 g/mol. The molecule has 1 N–H and O–H groups in total. The Morgan fingerprint density at radius 3 is 2.17 bits per heavy atom. The zero-order valence-corrected chi connectivity index (χ0v) is 28.7. The summed E-state index contributed by atoms with van der Waals surface area (Å²) in [5, 5.41) is 7.00. The van der Waals surface area contributed by atoms with E-state index in [1.807, 2.05) is 18.2 Å². The second-order valence-electron chi connectivity index (χ2n) is 15.4. The van der Waals surface area contributed by atoms with Gasteiger partial charge in [0.05, 0.1) is 0 Å². The summed E-state index contributed by atoms with van der Waals surface area (Å²) in [5.74, 6) is 5.27. The molecule has 1 aromatic rings. The van der Waals surface area contributed by atoms with Crippen LogP contribution in [0, 0.1) is 52.8 Å². The van der Waals surface area contributed by atoms with E-state index in [-0.39, 0.29) is 0 Å². The maximum Gasteiger partial charge on any atom is 0.0319 e. The fourth-order valence-corrected chi connectivity index (χ4v) is 10.9. The summed E-state index contributed by atoms with van der Waals surface area (Å²) in [6, 6.07) is 8.26. The van der Waals surface area contributed by atoms with Crippen LogP contribution < -0.4 is 0 Å². The van der Waals surface area contributed by atoms with Crippen LogP contribution in [0.1, 0.15) is 148 Å². The number of rotatable bonds is 5. The van der Waals surface area contributed by atoms with Crippen molar-refractivity contribution in [2.75, 3.05) is 7.11 Å². The second kappa shape index (κ2) is 16.1. The average Bonchev–Trinajstić information content (AvgIpc) is 3.59. The minimum atomic E-state index is 0.673. The summed E-state index contributed by atoms with van der Waals surface area (Å²) in [5.41, 5.74) is 4.64. The molecule has 7 atom stereocenters. The number of aliphatic hydroxyl groups excluding tert-OH is 1. The van der Waals surface area contributed by atoms with Gasteiger partial charge in [-0.1, -0.05) is 95.5 Å². The quantitative estimate of drug-likeness (QED) is 0.273. The zero-order valence-electron chi connectivity index (χ0n) is 28.7. The maximum absolute atomic E-state index is 7.00. The van der Waals surface area contributed by atoms with Gasteiger partial charge in [-0.2, -0.15) is 0 Å². The fourth-order valence-electron chi connectivity index (χ4n) is 10.9. The highest BCUT2D eigenvalue weighted by molar-refractivity contribution is 5.47. The molecule has 5 saturated carbocycles. The Labute approximate surface area is 262 Å². The van der Waals surface area contributed by atoms with Gasteiger partial charge in [-0.25, -0.2) is 0 Å². The van der Waals surface area contributed by atoms with Gasteiger partial charge in [-0.15, -0.1) is 6.58 Å². The predicted octanol–water partition coefficient (Wildman–Crippen LogP) is 12.2. The molecule has 1 aromatic carbocycles. The number of aryl methyl sites for hydroxylation is 1. The lowest BCUT2D eigenvalue weighted by Gasteiger charge is -2.62. The van der Waals surface area contributed by atoms with Gasteiger partial charge in [0.25, 0.3) is 0 Å². The van der Waals surface area contributed by atoms with Gasteiger partial charge in [0, 0.05) is 7.11 Å². The van der Waals surface area contributed by atoms with Crippen molar-refractivity contribution in [1.82, 2.24) is 0 Å². The number of unbranched alkanes of at least 4 members (excludes halogenated alkanes) is 1. The standard InChI is InChI=1S/C28H46.C9H10.C3H8.CH4O/c1-4-5-6-9-21-11-13-24-23-12-10-22-20-28(15-7-8-16-28)19-18-27(22,3)25(23)14-17-26(21,24)2;1-3-9-6-4-5-8(2)7-9;1-3-2;1-2/h4,21-25H,1,5-20H2,2-3H3;3-7H,1H2,2H3;3H2,1-2H3;2H,1H3. The smallest absolute Gasteiger partial charge is 0.0319 e. The highest BCUT2D eigenvalue weighted by Gasteiger charge is 2.61. The van der Waals surface area contributed by atoms with Crippen LogP contribution in [0.3, 0.4) is 0 Å². The molecule has 0 bridgehead atoms. The third-order valence-corrected chi connectivity index (χ3v) is 13.0. The van der Waals surface area contributed by atoms with E-state index in [1.165, 1.54) is 56.1 Å². The Hall–Kier alpha value is -1.34. The molecule has 1 heteroatoms. The largest absolute Gasteiger partial charge is 0.400 e. The van der Waals surface area contributed by atoms with E-state index in [1.54, 1.807) is 64.2 Å². The number of hydrogen-bond acceptors (Lipinski definition) is 1. The van der Waals surface area contributed by atoms with Crippen molar-refractivity contribution < 1.29 is 5.11 Å². The van der Waals surface area contributed by atoms with Crippen molar-refractivity contribution in [2.24, 2.45) is 45.8 Å². The summed E-state index contributed by atoms with van der Waals surface area (Å²) in [4.78, 5) is 0. The first-order chi connectivity index (χ1) is 20.2. The minimum Gasteiger partial charge on any atom is -0.400 e. The van der Waals surface area contributed by atoms with E-state index in [2.05, 4.69) is 66.0 Å². The molecule has 7 unspecified atom stereocenters. The number of aliphatic hydroxyl groups is 1. The topological polar surface area (TPSA) is 20.2 Å². The third kappa shape index (κ3) is 7.65. The summed E-state index contributed by atoms with van der Waals surface area (Å²) in [6.07, 6.45) is 29.6. The molecule has 42 heavy (non-hydrogen) atoms. The molecule has 1 nitrogen and oxygen atoms in total. The molecule has 6 rings (SSSR count). The molecule has 1 spiro atoms. The molecule has 5 fully saturated rings. The highest BCUT2D eigenvalue weighted by atomic mass is 16.2. The Bertz CT molecular complexity index is 955. The van der Waals surface area contributed by atoms with E-state index >= 15 is 0 Å². The lowest BCUT2D eigenvalue weighted by molar-refractivity contribution is -0.130. The molecule has 5 aliphatic rings. The van der Waals surface area contributed by atoms with Crippen LogP contribution in [-0.4, -0.2) is 12.2 Å². The number of benzene rings is 1. The Balaban J connectivity index is 0.000000290. The summed E-state index contributed by atoms with van der Waals surface area (Å²) >= 11 is 0. The van der Waals surface area contributed by atoms with Crippen LogP contribution >= 0.6 is 0 Å². The van der Waals surface area contributed by atoms with Crippen LogP contribution in [0.2, 0.25) is 0 Å². The Kier molecular flexibility index (Phi) is 13.5. The summed E-state index contributed by atoms with van der Waals surface area (Å²) in [6.45, 7) is 19.4. The van der Waals surface area contributed by atoms with Gasteiger partial charge >= 0.3 is 0 Å². The first kappa shape index (κ1) is 35.1. The van der Waals surface area contributed by atoms with Gasteiger partial charge in [-0.3, -0.25) is 0 Å². The van der Waals surface area contributed by atoms with Gasteiger partial charge in [0.2, 0.25) is 0 Å². The number of fused-ring (bicyclic) bond motifs is 5. The number of allylic oxidation sites excluding steroid dienone is 1. The van der Waals surface area contributed by atoms with E-state index in [0.29, 0.717) is 10.8 Å². The van der Waals surface area contributed by atoms with Crippen LogP contribution in [0.25, 0.3) is 6.08 Å². The molecule has 0 aromatic heterocycles. The third-order valence-electron chi connectivity index (χ3n) is 13.0. The van der Waals surface area contributed by atoms with E-state index < -0.39 is 0 Å². The van der Waals surface area contributed by atoms with Crippen LogP contribution in [0.15, 0.2) is 43.5 Å². The van der Waals surface area contributed by atoms with Crippen molar-refractivity contribution >= 4 is 6.08 Å². The summed E-state index contributed by atoms with van der Waals surface area (Å²) in [7, 11) is 1.00. The molecule has 0 amide bonds. The second-order valence-corrected chi connectivity index (χ2v) is 15.4. The maximum atomic E-state index is 7.00. The highest BCUT2D eigenvalue weighted by Crippen LogP contribution is 2.70. The summed E-state index contributed by atoms with van der Waals surface area (Å²) < 4.78 is 0. The van der Waals surface area contributed by atoms with E-state index in [9.17, 15) is 0 Å². The van der Waals surface area contributed by atoms with E-state index in [4.69, 9.17) is 5.11 Å². The average molecular weight is 577 g/mol. The first-order valence-electron chi connectivity index (χ1n) is 18.0. The predicted molar refractivity (Wildman–Crippen MR) is 186 cm³/mol. The molecular weight excluding hydrogens is 508 g/mol. The molecule has 0 saturated heterocycles. The van der Waals surface area contributed by atoms with Crippen molar-refractivity contribution in [2.45, 2.75) is 144 Å².